The monoisotopic (exact) mass is 471 g/mol. The number of benzene rings is 2. The second-order valence-corrected chi connectivity index (χ2v) is 10.3. The number of nitrogens with one attached hydrogen (secondary N) is 1. The summed E-state index contributed by atoms with van der Waals surface area (Å²) >= 11 is 0. The summed E-state index contributed by atoms with van der Waals surface area (Å²) in [6.07, 6.45) is 2.51. The average molecular weight is 472 g/mol. The lowest BCUT2D eigenvalue weighted by atomic mass is 9.73. The molecule has 6 nitrogen and oxygen atoms in total. The molecule has 0 spiro atoms. The number of aryl methyl sites for hydroxylation is 1. The molecule has 2 aromatic carbocycles. The number of carbonyl (C=O) groups is 2. The minimum absolute atomic E-state index is 0.0336. The van der Waals surface area contributed by atoms with E-state index in [2.05, 4.69) is 22.3 Å². The van der Waals surface area contributed by atoms with Crippen LogP contribution in [0, 0.1) is 12.3 Å². The Morgan fingerprint density at radius 1 is 1.03 bits per heavy atom. The Hall–Kier alpha value is -3.51. The van der Waals surface area contributed by atoms with Crippen LogP contribution in [0.4, 0.5) is 0 Å². The van der Waals surface area contributed by atoms with Gasteiger partial charge in [-0.15, -0.1) is 0 Å². The van der Waals surface area contributed by atoms with E-state index in [4.69, 9.17) is 0 Å². The molecule has 6 heteroatoms. The number of amides is 1. The molecule has 0 radical (unpaired) electrons. The zero-order valence-electron chi connectivity index (χ0n) is 20.9. The number of Topliss-reactive ketones (excluding diaryl/α,β-unsaturated/α-hetero) is 1. The molecule has 1 aliphatic rings. The van der Waals surface area contributed by atoms with Gasteiger partial charge in [0.1, 0.15) is 5.56 Å². The predicted molar refractivity (Wildman–Crippen MR) is 138 cm³/mol. The molecule has 0 aliphatic heterocycles. The van der Waals surface area contributed by atoms with Crippen molar-refractivity contribution >= 4 is 11.7 Å². The van der Waals surface area contributed by atoms with E-state index in [-0.39, 0.29) is 16.8 Å². The fourth-order valence-corrected chi connectivity index (χ4v) is 4.70. The van der Waals surface area contributed by atoms with Crippen LogP contribution in [-0.4, -0.2) is 41.3 Å². The molecule has 0 atom stereocenters. The molecule has 1 heterocycles. The van der Waals surface area contributed by atoms with Gasteiger partial charge in [0.2, 0.25) is 0 Å². The predicted octanol–water partition coefficient (Wildman–Crippen LogP) is 4.16. The number of hydrogen-bond acceptors (Lipinski definition) is 4. The van der Waals surface area contributed by atoms with Gasteiger partial charge in [0.25, 0.3) is 11.5 Å². The summed E-state index contributed by atoms with van der Waals surface area (Å²) in [7, 11) is 2.00. The molecule has 1 aromatic heterocycles. The van der Waals surface area contributed by atoms with Gasteiger partial charge in [0, 0.05) is 43.5 Å². The molecule has 0 bridgehead atoms. The van der Waals surface area contributed by atoms with E-state index in [1.807, 2.05) is 70.3 Å². The van der Waals surface area contributed by atoms with Crippen molar-refractivity contribution in [2.75, 3.05) is 20.1 Å². The highest BCUT2D eigenvalue weighted by Crippen LogP contribution is 2.35. The van der Waals surface area contributed by atoms with Gasteiger partial charge < -0.3 is 10.2 Å². The molecule has 0 saturated carbocycles. The lowest BCUT2D eigenvalue weighted by Gasteiger charge is -2.31. The van der Waals surface area contributed by atoms with Gasteiger partial charge in [-0.3, -0.25) is 19.0 Å². The molecule has 0 saturated heterocycles. The van der Waals surface area contributed by atoms with Crippen LogP contribution < -0.4 is 10.9 Å². The van der Waals surface area contributed by atoms with Crippen molar-refractivity contribution in [2.45, 2.75) is 40.2 Å². The Labute approximate surface area is 206 Å². The van der Waals surface area contributed by atoms with E-state index in [0.29, 0.717) is 42.7 Å². The number of nitrogens with zero attached hydrogens (tertiary/aromatic N) is 2. The topological polar surface area (TPSA) is 71.4 Å². The molecular formula is C29H33N3O3. The highest BCUT2D eigenvalue weighted by Gasteiger charge is 2.35. The summed E-state index contributed by atoms with van der Waals surface area (Å²) in [6.45, 7) is 7.76. The van der Waals surface area contributed by atoms with Crippen LogP contribution in [0.2, 0.25) is 0 Å². The van der Waals surface area contributed by atoms with E-state index in [9.17, 15) is 14.4 Å². The third-order valence-corrected chi connectivity index (χ3v) is 6.53. The van der Waals surface area contributed by atoms with Crippen LogP contribution in [0.25, 0.3) is 5.69 Å². The maximum absolute atomic E-state index is 13.6. The zero-order valence-corrected chi connectivity index (χ0v) is 20.9. The number of fused-ring (bicyclic) bond motifs is 1. The summed E-state index contributed by atoms with van der Waals surface area (Å²) < 4.78 is 1.44. The Morgan fingerprint density at radius 2 is 1.71 bits per heavy atom. The number of pyridine rings is 1. The van der Waals surface area contributed by atoms with Crippen molar-refractivity contribution in [1.82, 2.24) is 14.8 Å². The second-order valence-electron chi connectivity index (χ2n) is 10.3. The maximum Gasteiger partial charge on any atom is 0.268 e. The first-order valence-electron chi connectivity index (χ1n) is 12.0. The van der Waals surface area contributed by atoms with E-state index in [1.165, 1.54) is 10.1 Å². The summed E-state index contributed by atoms with van der Waals surface area (Å²) in [5.74, 6) is -0.458. The Kier molecular flexibility index (Phi) is 7.03. The van der Waals surface area contributed by atoms with Gasteiger partial charge in [-0.05, 0) is 49.1 Å². The molecule has 0 fully saturated rings. The van der Waals surface area contributed by atoms with Crippen molar-refractivity contribution in [2.24, 2.45) is 5.41 Å². The number of likely N-dealkylation sites (N-methyl/N-ethyl adjacent to an activating group) is 1. The van der Waals surface area contributed by atoms with Crippen molar-refractivity contribution in [3.63, 3.8) is 0 Å². The Morgan fingerprint density at radius 3 is 2.40 bits per heavy atom. The van der Waals surface area contributed by atoms with Gasteiger partial charge >= 0.3 is 0 Å². The van der Waals surface area contributed by atoms with Gasteiger partial charge in [-0.2, -0.15) is 0 Å². The molecule has 1 aliphatic carbocycles. The summed E-state index contributed by atoms with van der Waals surface area (Å²) in [5.41, 5.74) is 3.30. The smallest absolute Gasteiger partial charge is 0.268 e. The first kappa shape index (κ1) is 24.6. The first-order chi connectivity index (χ1) is 16.6. The fraction of sp³-hybridized carbons (Fsp3) is 0.345. The molecule has 1 N–H and O–H groups in total. The van der Waals surface area contributed by atoms with Crippen LogP contribution >= 0.6 is 0 Å². The lowest BCUT2D eigenvalue weighted by Crippen LogP contribution is -2.40. The van der Waals surface area contributed by atoms with Gasteiger partial charge in [-0.25, -0.2) is 0 Å². The van der Waals surface area contributed by atoms with Crippen molar-refractivity contribution in [3.8, 4) is 5.69 Å². The first-order valence-corrected chi connectivity index (χ1v) is 12.0. The zero-order chi connectivity index (χ0) is 25.2. The summed E-state index contributed by atoms with van der Waals surface area (Å²) in [4.78, 5) is 42.1. The van der Waals surface area contributed by atoms with Gasteiger partial charge in [-0.1, -0.05) is 61.9 Å². The standard InChI is InChI=1S/C29H33N3O3/c1-20-10-12-22(13-11-20)32-19-24-23(16-29(2,3)17-25(24)33)26(28(32)35)27(34)30-14-15-31(4)18-21-8-6-5-7-9-21/h5-13,19H,14-18H2,1-4H3,(H,30,34). The third-order valence-electron chi connectivity index (χ3n) is 6.53. The largest absolute Gasteiger partial charge is 0.351 e. The normalized spacial score (nSPS) is 14.6. The molecule has 4 rings (SSSR count). The van der Waals surface area contributed by atoms with Gasteiger partial charge in [0.05, 0.1) is 0 Å². The second kappa shape index (κ2) is 10.0. The van der Waals surface area contributed by atoms with Crippen LogP contribution in [0.1, 0.15) is 57.7 Å². The van der Waals surface area contributed by atoms with Crippen molar-refractivity contribution in [1.29, 1.82) is 0 Å². The highest BCUT2D eigenvalue weighted by molar-refractivity contribution is 6.04. The van der Waals surface area contributed by atoms with Crippen LogP contribution in [0.5, 0.6) is 0 Å². The van der Waals surface area contributed by atoms with E-state index < -0.39 is 11.5 Å². The molecule has 0 unspecified atom stereocenters. The highest BCUT2D eigenvalue weighted by atomic mass is 16.2. The van der Waals surface area contributed by atoms with Crippen molar-refractivity contribution < 1.29 is 9.59 Å². The Bertz CT molecular complexity index is 1290. The third kappa shape index (κ3) is 5.60. The number of rotatable bonds is 7. The minimum Gasteiger partial charge on any atom is -0.351 e. The van der Waals surface area contributed by atoms with Crippen LogP contribution in [-0.2, 0) is 13.0 Å². The molecule has 1 amide bonds. The minimum atomic E-state index is -0.425. The maximum atomic E-state index is 13.6. The number of ketones is 1. The molecular weight excluding hydrogens is 438 g/mol. The van der Waals surface area contributed by atoms with E-state index in [0.717, 1.165) is 12.1 Å². The SMILES string of the molecule is Cc1ccc(-n2cc3c(c(C(=O)NCCN(C)Cc4ccccc4)c2=O)CC(C)(C)CC3=O)cc1. The van der Waals surface area contributed by atoms with Crippen LogP contribution in [0.15, 0.2) is 65.6 Å². The fourth-order valence-electron chi connectivity index (χ4n) is 4.70. The number of aromatic nitrogens is 1. The summed E-state index contributed by atoms with van der Waals surface area (Å²) in [5, 5.41) is 2.93. The molecule has 182 valence electrons. The molecule has 35 heavy (non-hydrogen) atoms. The van der Waals surface area contributed by atoms with E-state index in [1.54, 1.807) is 6.20 Å². The van der Waals surface area contributed by atoms with Crippen molar-refractivity contribution in [3.05, 3.63) is 99.0 Å². The lowest BCUT2D eigenvalue weighted by molar-refractivity contribution is 0.0908. The number of carbonyl (C=O) groups excluding carboxylic acids is 2. The van der Waals surface area contributed by atoms with Gasteiger partial charge in [0.15, 0.2) is 5.78 Å². The van der Waals surface area contributed by atoms with E-state index >= 15 is 0 Å². The van der Waals surface area contributed by atoms with Crippen LogP contribution in [0.3, 0.4) is 0 Å². The quantitative estimate of drug-likeness (QED) is 0.562. The summed E-state index contributed by atoms with van der Waals surface area (Å²) in [6, 6.07) is 17.6. The number of hydrogen-bond donors (Lipinski definition) is 1. The average Bonchev–Trinajstić information content (AvgIpc) is 2.79. The molecule has 3 aromatic rings. The Balaban J connectivity index is 1.62.